The molecule has 1 nitrogen and oxygen atoms in total. The van der Waals surface area contributed by atoms with Gasteiger partial charge in [0.05, 0.1) is 0 Å². The van der Waals surface area contributed by atoms with Gasteiger partial charge in [0.15, 0.2) is 17.9 Å². The number of carbonyl (C=O) groups is 1. The van der Waals surface area contributed by atoms with Crippen LogP contribution in [0.5, 0.6) is 0 Å². The van der Waals surface area contributed by atoms with Crippen molar-refractivity contribution in [3.8, 4) is 11.1 Å². The summed E-state index contributed by atoms with van der Waals surface area (Å²) in [6.07, 6.45) is 0.568. The Morgan fingerprint density at radius 1 is 1.06 bits per heavy atom. The van der Waals surface area contributed by atoms with Gasteiger partial charge in [-0.2, -0.15) is 0 Å². The highest BCUT2D eigenvalue weighted by Gasteiger charge is 2.15. The van der Waals surface area contributed by atoms with Crippen molar-refractivity contribution in [2.24, 2.45) is 0 Å². The molecule has 0 amide bonds. The first kappa shape index (κ1) is 12.7. The minimum Gasteiger partial charge on any atom is -0.298 e. The van der Waals surface area contributed by atoms with Crippen molar-refractivity contribution in [2.75, 3.05) is 0 Å². The molecule has 18 heavy (non-hydrogen) atoms. The molecule has 0 atom stereocenters. The Morgan fingerprint density at radius 3 is 2.39 bits per heavy atom. The number of halogens is 3. The normalized spacial score (nSPS) is 10.4. The molecule has 0 N–H and O–H groups in total. The van der Waals surface area contributed by atoms with Gasteiger partial charge < -0.3 is 0 Å². The van der Waals surface area contributed by atoms with Crippen LogP contribution >= 0.6 is 11.6 Å². The lowest BCUT2D eigenvalue weighted by Crippen LogP contribution is -1.96. The van der Waals surface area contributed by atoms with Crippen molar-refractivity contribution in [3.63, 3.8) is 0 Å². The van der Waals surface area contributed by atoms with Crippen molar-refractivity contribution in [3.05, 3.63) is 58.1 Å². The fraction of sp³-hybridized carbons (Fsp3) is 0.0714. The van der Waals surface area contributed by atoms with Gasteiger partial charge in [0.1, 0.15) is 0 Å². The van der Waals surface area contributed by atoms with Gasteiger partial charge >= 0.3 is 0 Å². The fourth-order valence-electron chi connectivity index (χ4n) is 1.73. The number of hydrogen-bond acceptors (Lipinski definition) is 1. The maximum Gasteiger partial charge on any atom is 0.166 e. The van der Waals surface area contributed by atoms with E-state index in [-0.39, 0.29) is 16.7 Å². The van der Waals surface area contributed by atoms with Crippen LogP contribution in [0.15, 0.2) is 30.3 Å². The quantitative estimate of drug-likeness (QED) is 0.736. The van der Waals surface area contributed by atoms with Crippen LogP contribution in [0.4, 0.5) is 8.78 Å². The smallest absolute Gasteiger partial charge is 0.166 e. The number of aldehydes is 1. The van der Waals surface area contributed by atoms with Crippen molar-refractivity contribution in [1.29, 1.82) is 0 Å². The van der Waals surface area contributed by atoms with Crippen molar-refractivity contribution in [1.82, 2.24) is 0 Å². The molecule has 4 heteroatoms. The molecule has 0 aliphatic rings. The Balaban J connectivity index is 2.69. The van der Waals surface area contributed by atoms with Crippen LogP contribution in [0.2, 0.25) is 5.02 Å². The first-order valence-electron chi connectivity index (χ1n) is 5.24. The van der Waals surface area contributed by atoms with Gasteiger partial charge in [-0.3, -0.25) is 4.79 Å². The van der Waals surface area contributed by atoms with Crippen molar-refractivity contribution >= 4 is 17.9 Å². The summed E-state index contributed by atoms with van der Waals surface area (Å²) in [5.41, 5.74) is 0.824. The molecule has 0 bridgehead atoms. The highest BCUT2D eigenvalue weighted by molar-refractivity contribution is 6.31. The van der Waals surface area contributed by atoms with Crippen LogP contribution in [0.1, 0.15) is 15.9 Å². The molecule has 2 rings (SSSR count). The molecule has 0 saturated carbocycles. The lowest BCUT2D eigenvalue weighted by Gasteiger charge is -2.08. The summed E-state index contributed by atoms with van der Waals surface area (Å²) in [4.78, 5) is 10.9. The second kappa shape index (κ2) is 4.86. The first-order valence-corrected chi connectivity index (χ1v) is 5.62. The van der Waals surface area contributed by atoms with Gasteiger partial charge in [-0.15, -0.1) is 0 Å². The SMILES string of the molecule is Cc1ccc(-c2ccc(Cl)cc2C=O)c(F)c1F. The second-order valence-corrected chi connectivity index (χ2v) is 4.34. The fourth-order valence-corrected chi connectivity index (χ4v) is 1.91. The summed E-state index contributed by atoms with van der Waals surface area (Å²) in [6, 6.07) is 7.36. The third-order valence-corrected chi connectivity index (χ3v) is 2.94. The maximum atomic E-state index is 13.8. The third kappa shape index (κ3) is 2.14. The van der Waals surface area contributed by atoms with E-state index in [9.17, 15) is 13.6 Å². The molecule has 0 aliphatic heterocycles. The number of hydrogen-bond donors (Lipinski definition) is 0. The molecule has 0 aromatic heterocycles. The van der Waals surface area contributed by atoms with Crippen LogP contribution in [0, 0.1) is 18.6 Å². The van der Waals surface area contributed by atoms with E-state index in [0.29, 0.717) is 16.9 Å². The molecule has 0 unspecified atom stereocenters. The van der Waals surface area contributed by atoms with Gasteiger partial charge in [0.25, 0.3) is 0 Å². The van der Waals surface area contributed by atoms with Gasteiger partial charge in [-0.25, -0.2) is 8.78 Å². The van der Waals surface area contributed by atoms with E-state index < -0.39 is 11.6 Å². The first-order chi connectivity index (χ1) is 8.54. The molecule has 0 radical (unpaired) electrons. The monoisotopic (exact) mass is 266 g/mol. The van der Waals surface area contributed by atoms with E-state index in [2.05, 4.69) is 0 Å². The minimum atomic E-state index is -0.958. The van der Waals surface area contributed by atoms with E-state index in [4.69, 9.17) is 11.6 Å². The highest BCUT2D eigenvalue weighted by atomic mass is 35.5. The predicted molar refractivity (Wildman–Crippen MR) is 66.9 cm³/mol. The Bertz CT molecular complexity index is 623. The average molecular weight is 267 g/mol. The van der Waals surface area contributed by atoms with E-state index in [0.717, 1.165) is 0 Å². The zero-order chi connectivity index (χ0) is 13.3. The summed E-state index contributed by atoms with van der Waals surface area (Å²) in [7, 11) is 0. The van der Waals surface area contributed by atoms with E-state index in [1.54, 1.807) is 0 Å². The zero-order valence-corrected chi connectivity index (χ0v) is 10.3. The molecule has 92 valence electrons. The summed E-state index contributed by atoms with van der Waals surface area (Å²) < 4.78 is 27.3. The Kier molecular flexibility index (Phi) is 3.43. The van der Waals surface area contributed by atoms with Gasteiger partial charge in [0.2, 0.25) is 0 Å². The van der Waals surface area contributed by atoms with Crippen LogP contribution in [0.3, 0.4) is 0 Å². The molecular weight excluding hydrogens is 258 g/mol. The molecule has 0 saturated heterocycles. The van der Waals surface area contributed by atoms with Gasteiger partial charge in [-0.05, 0) is 30.2 Å². The van der Waals surface area contributed by atoms with Crippen molar-refractivity contribution < 1.29 is 13.6 Å². The minimum absolute atomic E-state index is 0.0527. The van der Waals surface area contributed by atoms with Crippen LogP contribution in [-0.2, 0) is 0 Å². The largest absolute Gasteiger partial charge is 0.298 e. The molecule has 0 aliphatic carbocycles. The zero-order valence-electron chi connectivity index (χ0n) is 9.51. The molecule has 0 spiro atoms. The standard InChI is InChI=1S/C14H9ClF2O/c1-8-2-4-12(14(17)13(8)16)11-5-3-10(15)6-9(11)7-18/h2-7H,1H3. The van der Waals surface area contributed by atoms with Crippen LogP contribution in [0.25, 0.3) is 11.1 Å². The Labute approximate surface area is 108 Å². The summed E-state index contributed by atoms with van der Waals surface area (Å²) >= 11 is 5.75. The number of benzene rings is 2. The lowest BCUT2D eigenvalue weighted by molar-refractivity contribution is 0.112. The van der Waals surface area contributed by atoms with Gasteiger partial charge in [-0.1, -0.05) is 29.8 Å². The van der Waals surface area contributed by atoms with E-state index >= 15 is 0 Å². The number of aryl methyl sites for hydroxylation is 1. The number of rotatable bonds is 2. The van der Waals surface area contributed by atoms with E-state index in [1.807, 2.05) is 0 Å². The Hall–Kier alpha value is -1.74. The van der Waals surface area contributed by atoms with Crippen LogP contribution < -0.4 is 0 Å². The average Bonchev–Trinajstić information content (AvgIpc) is 2.37. The summed E-state index contributed by atoms with van der Waals surface area (Å²) in [6.45, 7) is 1.48. The highest BCUT2D eigenvalue weighted by Crippen LogP contribution is 2.29. The molecular formula is C14H9ClF2O. The Morgan fingerprint density at radius 2 is 1.72 bits per heavy atom. The predicted octanol–water partition coefficient (Wildman–Crippen LogP) is 4.41. The topological polar surface area (TPSA) is 17.1 Å². The maximum absolute atomic E-state index is 13.8. The third-order valence-electron chi connectivity index (χ3n) is 2.71. The molecule has 0 fully saturated rings. The molecule has 2 aromatic rings. The molecule has 2 aromatic carbocycles. The van der Waals surface area contributed by atoms with Gasteiger partial charge in [0, 0.05) is 16.1 Å². The number of carbonyl (C=O) groups excluding carboxylic acids is 1. The van der Waals surface area contributed by atoms with Crippen molar-refractivity contribution in [2.45, 2.75) is 6.92 Å². The van der Waals surface area contributed by atoms with E-state index in [1.165, 1.54) is 37.3 Å². The summed E-state index contributed by atoms with van der Waals surface area (Å²) in [5.74, 6) is -1.86. The second-order valence-electron chi connectivity index (χ2n) is 3.91. The summed E-state index contributed by atoms with van der Waals surface area (Å²) in [5, 5.41) is 0.369. The van der Waals surface area contributed by atoms with Crippen LogP contribution in [-0.4, -0.2) is 6.29 Å². The molecule has 0 heterocycles. The lowest BCUT2D eigenvalue weighted by atomic mass is 9.98.